The average molecular weight is 581 g/mol. The largest absolute Gasteiger partial charge is 0.493 e. The van der Waals surface area contributed by atoms with Crippen LogP contribution >= 0.6 is 22.9 Å². The SMILES string of the molecule is C[C@@H](/C=C/c1cnc(Oc2ccc(OCC3CC3)cc2Cl)s1)NC(=O)c1ccnc(CCCCN2CCCC2)c1. The minimum Gasteiger partial charge on any atom is -0.493 e. The van der Waals surface area contributed by atoms with Crippen LogP contribution in [-0.2, 0) is 6.42 Å². The van der Waals surface area contributed by atoms with Crippen LogP contribution in [0.4, 0.5) is 0 Å². The Morgan fingerprint density at radius 2 is 2.05 bits per heavy atom. The van der Waals surface area contributed by atoms with Crippen molar-refractivity contribution in [1.82, 2.24) is 20.2 Å². The molecule has 1 aromatic carbocycles. The summed E-state index contributed by atoms with van der Waals surface area (Å²) in [5, 5.41) is 4.02. The minimum atomic E-state index is -0.159. The fraction of sp³-hybridized carbons (Fsp3) is 0.452. The minimum absolute atomic E-state index is 0.106. The van der Waals surface area contributed by atoms with Crippen LogP contribution < -0.4 is 14.8 Å². The number of carbonyl (C=O) groups is 1. The summed E-state index contributed by atoms with van der Waals surface area (Å²) in [5.74, 6) is 1.86. The van der Waals surface area contributed by atoms with Gasteiger partial charge in [0.15, 0.2) is 0 Å². The molecule has 1 aliphatic carbocycles. The highest BCUT2D eigenvalue weighted by molar-refractivity contribution is 7.14. The normalized spacial score (nSPS) is 16.4. The Bertz CT molecular complexity index is 1300. The molecule has 5 rings (SSSR count). The summed E-state index contributed by atoms with van der Waals surface area (Å²) in [6, 6.07) is 8.96. The number of nitrogens with zero attached hydrogens (tertiary/aromatic N) is 3. The average Bonchev–Trinajstić information content (AvgIpc) is 3.43. The molecule has 3 aromatic rings. The Morgan fingerprint density at radius 1 is 1.20 bits per heavy atom. The number of benzene rings is 1. The Balaban J connectivity index is 1.07. The van der Waals surface area contributed by atoms with Crippen LogP contribution in [0.15, 0.2) is 48.8 Å². The number of aromatic nitrogens is 2. The van der Waals surface area contributed by atoms with Crippen LogP contribution in [0.5, 0.6) is 16.7 Å². The summed E-state index contributed by atoms with van der Waals surface area (Å²) in [6.07, 6.45) is 15.6. The summed E-state index contributed by atoms with van der Waals surface area (Å²) in [5.41, 5.74) is 1.61. The molecular formula is C31H37ClN4O3S. The maximum Gasteiger partial charge on any atom is 0.279 e. The van der Waals surface area contributed by atoms with Crippen LogP contribution in [0, 0.1) is 5.92 Å². The van der Waals surface area contributed by atoms with Gasteiger partial charge in [0.25, 0.3) is 11.1 Å². The van der Waals surface area contributed by atoms with Gasteiger partial charge in [0.05, 0.1) is 16.5 Å². The summed E-state index contributed by atoms with van der Waals surface area (Å²) in [7, 11) is 0. The zero-order chi connectivity index (χ0) is 27.7. The van der Waals surface area contributed by atoms with Crippen molar-refractivity contribution in [2.24, 2.45) is 5.92 Å². The number of thiazole rings is 1. The molecule has 9 heteroatoms. The third kappa shape index (κ3) is 8.78. The molecule has 212 valence electrons. The number of ether oxygens (including phenoxy) is 2. The van der Waals surface area contributed by atoms with Gasteiger partial charge in [0, 0.05) is 35.8 Å². The molecule has 0 unspecified atom stereocenters. The van der Waals surface area contributed by atoms with Crippen LogP contribution in [0.1, 0.15) is 66.4 Å². The molecular weight excluding hydrogens is 544 g/mol. The second-order valence-corrected chi connectivity index (χ2v) is 12.1. The number of likely N-dealkylation sites (tertiary alicyclic amines) is 1. The van der Waals surface area contributed by atoms with E-state index in [-0.39, 0.29) is 11.9 Å². The Morgan fingerprint density at radius 3 is 2.85 bits per heavy atom. The third-order valence-electron chi connectivity index (χ3n) is 7.13. The van der Waals surface area contributed by atoms with Gasteiger partial charge in [-0.2, -0.15) is 0 Å². The van der Waals surface area contributed by atoms with Crippen molar-refractivity contribution in [1.29, 1.82) is 0 Å². The highest BCUT2D eigenvalue weighted by Crippen LogP contribution is 2.35. The van der Waals surface area contributed by atoms with Crippen molar-refractivity contribution in [2.45, 2.75) is 57.9 Å². The number of unbranched alkanes of at least 4 members (excludes halogenated alkanes) is 1. The lowest BCUT2D eigenvalue weighted by molar-refractivity contribution is 0.0947. The van der Waals surface area contributed by atoms with E-state index in [0.717, 1.165) is 42.3 Å². The first kappa shape index (κ1) is 28.6. The molecule has 1 saturated carbocycles. The Labute approximate surface area is 245 Å². The predicted molar refractivity (Wildman–Crippen MR) is 161 cm³/mol. The Kier molecular flexibility index (Phi) is 10.1. The molecule has 1 saturated heterocycles. The van der Waals surface area contributed by atoms with Crippen molar-refractivity contribution < 1.29 is 14.3 Å². The standard InChI is InChI=1S/C31H37ClN4O3S/c1-22(35-30(37)24-13-14-33-25(18-24)6-2-3-15-36-16-4-5-17-36)7-11-27-20-34-31(40-27)39-29-12-10-26(19-28(29)32)38-21-23-8-9-23/h7,10-14,18-20,22-23H,2-6,8-9,15-17,21H2,1H3,(H,35,37)/b11-7+/t22-/m0/s1. The number of carbonyl (C=O) groups excluding carboxylic acids is 1. The molecule has 1 amide bonds. The smallest absolute Gasteiger partial charge is 0.279 e. The quantitative estimate of drug-likeness (QED) is 0.206. The van der Waals surface area contributed by atoms with E-state index in [1.54, 1.807) is 30.6 Å². The van der Waals surface area contributed by atoms with Gasteiger partial charge in [0.2, 0.25) is 0 Å². The number of halogens is 1. The molecule has 1 aliphatic heterocycles. The van der Waals surface area contributed by atoms with E-state index in [9.17, 15) is 4.79 Å². The number of hydrogen-bond acceptors (Lipinski definition) is 7. The highest BCUT2D eigenvalue weighted by atomic mass is 35.5. The number of amides is 1. The molecule has 1 atom stereocenters. The molecule has 1 N–H and O–H groups in total. The van der Waals surface area contributed by atoms with Crippen molar-refractivity contribution in [3.63, 3.8) is 0 Å². The predicted octanol–water partition coefficient (Wildman–Crippen LogP) is 7.02. The van der Waals surface area contributed by atoms with Gasteiger partial charge < -0.3 is 19.7 Å². The van der Waals surface area contributed by atoms with E-state index in [0.29, 0.717) is 27.4 Å². The second-order valence-electron chi connectivity index (χ2n) is 10.6. The second kappa shape index (κ2) is 14.1. The van der Waals surface area contributed by atoms with E-state index < -0.39 is 0 Å². The number of hydrogen-bond donors (Lipinski definition) is 1. The lowest BCUT2D eigenvalue weighted by Gasteiger charge is -2.14. The monoisotopic (exact) mass is 580 g/mol. The van der Waals surface area contributed by atoms with Gasteiger partial charge in [-0.3, -0.25) is 9.78 Å². The Hall–Kier alpha value is -2.94. The first-order valence-electron chi connectivity index (χ1n) is 14.2. The third-order valence-corrected chi connectivity index (χ3v) is 8.26. The van der Waals surface area contributed by atoms with Gasteiger partial charge in [-0.1, -0.05) is 29.0 Å². The van der Waals surface area contributed by atoms with Gasteiger partial charge in [0.1, 0.15) is 11.5 Å². The molecule has 0 bridgehead atoms. The van der Waals surface area contributed by atoms with Crippen molar-refractivity contribution in [3.05, 3.63) is 70.0 Å². The number of aryl methyl sites for hydroxylation is 1. The summed E-state index contributed by atoms with van der Waals surface area (Å²) in [4.78, 5) is 25.1. The van der Waals surface area contributed by atoms with E-state index in [1.807, 2.05) is 31.2 Å². The van der Waals surface area contributed by atoms with Crippen LogP contribution in [0.3, 0.4) is 0 Å². The van der Waals surface area contributed by atoms with E-state index in [1.165, 1.54) is 56.5 Å². The fourth-order valence-corrected chi connectivity index (χ4v) is 5.52. The van der Waals surface area contributed by atoms with E-state index in [4.69, 9.17) is 21.1 Å². The van der Waals surface area contributed by atoms with E-state index in [2.05, 4.69) is 20.2 Å². The van der Waals surface area contributed by atoms with Crippen LogP contribution in [0.25, 0.3) is 6.08 Å². The van der Waals surface area contributed by atoms with E-state index >= 15 is 0 Å². The number of nitrogens with one attached hydrogen (secondary N) is 1. The van der Waals surface area contributed by atoms with Crippen molar-refractivity contribution in [2.75, 3.05) is 26.2 Å². The lowest BCUT2D eigenvalue weighted by Crippen LogP contribution is -2.31. The molecule has 3 heterocycles. The fourth-order valence-electron chi connectivity index (χ4n) is 4.62. The van der Waals surface area contributed by atoms with Gasteiger partial charge in [-0.15, -0.1) is 0 Å². The van der Waals surface area contributed by atoms with Crippen molar-refractivity contribution in [3.8, 4) is 16.7 Å². The van der Waals surface area contributed by atoms with Gasteiger partial charge >= 0.3 is 0 Å². The van der Waals surface area contributed by atoms with Gasteiger partial charge in [-0.05, 0) is 108 Å². The summed E-state index contributed by atoms with van der Waals surface area (Å²) in [6.45, 7) is 6.31. The zero-order valence-corrected chi connectivity index (χ0v) is 24.6. The maximum atomic E-state index is 12.8. The number of rotatable bonds is 14. The highest BCUT2D eigenvalue weighted by Gasteiger charge is 2.22. The van der Waals surface area contributed by atoms with Crippen molar-refractivity contribution >= 4 is 34.9 Å². The van der Waals surface area contributed by atoms with Gasteiger partial charge in [-0.25, -0.2) is 4.98 Å². The first-order chi connectivity index (χ1) is 19.5. The number of pyridine rings is 1. The molecule has 2 fully saturated rings. The lowest BCUT2D eigenvalue weighted by atomic mass is 10.1. The first-order valence-corrected chi connectivity index (χ1v) is 15.4. The zero-order valence-electron chi connectivity index (χ0n) is 23.0. The summed E-state index contributed by atoms with van der Waals surface area (Å²) >= 11 is 7.80. The van der Waals surface area contributed by atoms with Crippen LogP contribution in [0.2, 0.25) is 5.02 Å². The summed E-state index contributed by atoms with van der Waals surface area (Å²) < 4.78 is 11.7. The molecule has 2 aliphatic rings. The molecule has 7 nitrogen and oxygen atoms in total. The molecule has 2 aromatic heterocycles. The molecule has 0 spiro atoms. The molecule has 0 radical (unpaired) electrons. The maximum absolute atomic E-state index is 12.8. The topological polar surface area (TPSA) is 76.6 Å². The molecule has 40 heavy (non-hydrogen) atoms. The van der Waals surface area contributed by atoms with Crippen LogP contribution in [-0.4, -0.2) is 53.1 Å².